The van der Waals surface area contributed by atoms with Crippen molar-refractivity contribution in [3.05, 3.63) is 29.6 Å². The second kappa shape index (κ2) is 6.54. The fraction of sp³-hybridized carbons (Fsp3) is 0.533. The minimum absolute atomic E-state index is 0.249. The second-order valence-corrected chi connectivity index (χ2v) is 5.35. The van der Waals surface area contributed by atoms with Crippen molar-refractivity contribution in [3.8, 4) is 5.75 Å². The standard InChI is InChI=1S/C15H17F4NO2/c1-22-13-6-5-11(16)7-10(13)8-14(21)20(9-15(17,18)19)12-3-2-4-12/h5-7,12H,2-4,8-9H2,1H3. The van der Waals surface area contributed by atoms with E-state index >= 15 is 0 Å². The minimum Gasteiger partial charge on any atom is -0.496 e. The number of halogens is 4. The minimum atomic E-state index is -4.45. The van der Waals surface area contributed by atoms with E-state index in [-0.39, 0.29) is 23.8 Å². The highest BCUT2D eigenvalue weighted by Crippen LogP contribution is 2.29. The third kappa shape index (κ3) is 4.11. The van der Waals surface area contributed by atoms with Crippen molar-refractivity contribution in [2.45, 2.75) is 37.9 Å². The van der Waals surface area contributed by atoms with Crippen LogP contribution in [0.5, 0.6) is 5.75 Å². The largest absolute Gasteiger partial charge is 0.496 e. The Hall–Kier alpha value is -1.79. The van der Waals surface area contributed by atoms with Gasteiger partial charge in [-0.3, -0.25) is 4.79 Å². The third-order valence-corrected chi connectivity index (χ3v) is 3.77. The molecule has 1 saturated carbocycles. The number of hydrogen-bond donors (Lipinski definition) is 0. The number of nitrogens with zero attached hydrogens (tertiary/aromatic N) is 1. The lowest BCUT2D eigenvalue weighted by Crippen LogP contribution is -2.49. The molecule has 3 nitrogen and oxygen atoms in total. The summed E-state index contributed by atoms with van der Waals surface area (Å²) in [5.41, 5.74) is 0.249. The second-order valence-electron chi connectivity index (χ2n) is 5.35. The Kier molecular flexibility index (Phi) is 4.93. The van der Waals surface area contributed by atoms with Crippen LogP contribution in [0.3, 0.4) is 0 Å². The van der Waals surface area contributed by atoms with E-state index in [0.29, 0.717) is 12.8 Å². The molecule has 1 aromatic carbocycles. The van der Waals surface area contributed by atoms with Crippen molar-refractivity contribution >= 4 is 5.91 Å². The number of carbonyl (C=O) groups excluding carboxylic acids is 1. The highest BCUT2D eigenvalue weighted by molar-refractivity contribution is 5.80. The molecule has 122 valence electrons. The van der Waals surface area contributed by atoms with Crippen molar-refractivity contribution in [1.29, 1.82) is 0 Å². The van der Waals surface area contributed by atoms with E-state index in [4.69, 9.17) is 4.74 Å². The van der Waals surface area contributed by atoms with E-state index in [1.807, 2.05) is 0 Å². The first-order valence-electron chi connectivity index (χ1n) is 6.99. The summed E-state index contributed by atoms with van der Waals surface area (Å²) in [5, 5.41) is 0. The molecule has 7 heteroatoms. The van der Waals surface area contributed by atoms with E-state index in [9.17, 15) is 22.4 Å². The zero-order valence-corrected chi connectivity index (χ0v) is 12.1. The Morgan fingerprint density at radius 1 is 1.36 bits per heavy atom. The molecule has 1 aromatic rings. The molecule has 0 unspecified atom stereocenters. The molecule has 0 aromatic heterocycles. The summed E-state index contributed by atoms with van der Waals surface area (Å²) in [6.07, 6.45) is -2.80. The molecule has 0 spiro atoms. The van der Waals surface area contributed by atoms with Crippen LogP contribution in [0.2, 0.25) is 0 Å². The first-order valence-corrected chi connectivity index (χ1v) is 6.99. The van der Waals surface area contributed by atoms with Gasteiger partial charge in [0.05, 0.1) is 13.5 Å². The van der Waals surface area contributed by atoms with E-state index in [1.165, 1.54) is 19.2 Å². The quantitative estimate of drug-likeness (QED) is 0.779. The van der Waals surface area contributed by atoms with Crippen LogP contribution < -0.4 is 4.74 Å². The average Bonchev–Trinajstić information content (AvgIpc) is 2.34. The highest BCUT2D eigenvalue weighted by Gasteiger charge is 2.38. The fourth-order valence-electron chi connectivity index (χ4n) is 2.46. The molecular formula is C15H17F4NO2. The van der Waals surface area contributed by atoms with Crippen LogP contribution in [0.1, 0.15) is 24.8 Å². The van der Waals surface area contributed by atoms with Gasteiger partial charge in [-0.05, 0) is 37.5 Å². The van der Waals surface area contributed by atoms with Crippen LogP contribution in [-0.2, 0) is 11.2 Å². The predicted molar refractivity (Wildman–Crippen MR) is 72.1 cm³/mol. The number of ether oxygens (including phenoxy) is 1. The molecule has 1 aliphatic rings. The van der Waals surface area contributed by atoms with Crippen molar-refractivity contribution in [1.82, 2.24) is 4.90 Å². The SMILES string of the molecule is COc1ccc(F)cc1CC(=O)N(CC(F)(F)F)C1CCC1. The van der Waals surface area contributed by atoms with E-state index in [1.54, 1.807) is 0 Å². The van der Waals surface area contributed by atoms with Gasteiger partial charge in [-0.25, -0.2) is 4.39 Å². The molecule has 0 bridgehead atoms. The van der Waals surface area contributed by atoms with Gasteiger partial charge < -0.3 is 9.64 Å². The van der Waals surface area contributed by atoms with Crippen LogP contribution >= 0.6 is 0 Å². The number of carbonyl (C=O) groups is 1. The average molecular weight is 319 g/mol. The Morgan fingerprint density at radius 2 is 2.05 bits per heavy atom. The van der Waals surface area contributed by atoms with Crippen LogP contribution in [0.15, 0.2) is 18.2 Å². The maximum absolute atomic E-state index is 13.3. The van der Waals surface area contributed by atoms with Gasteiger partial charge in [0, 0.05) is 11.6 Å². The van der Waals surface area contributed by atoms with Gasteiger partial charge in [-0.1, -0.05) is 0 Å². The highest BCUT2D eigenvalue weighted by atomic mass is 19.4. The Morgan fingerprint density at radius 3 is 2.55 bits per heavy atom. The third-order valence-electron chi connectivity index (χ3n) is 3.77. The first kappa shape index (κ1) is 16.6. The van der Waals surface area contributed by atoms with Crippen LogP contribution in [0.25, 0.3) is 0 Å². The van der Waals surface area contributed by atoms with Gasteiger partial charge in [0.15, 0.2) is 0 Å². The monoisotopic (exact) mass is 319 g/mol. The number of benzene rings is 1. The van der Waals surface area contributed by atoms with Crippen LogP contribution in [0.4, 0.5) is 17.6 Å². The summed E-state index contributed by atoms with van der Waals surface area (Å²) in [6.45, 7) is -1.27. The molecule has 22 heavy (non-hydrogen) atoms. The smallest absolute Gasteiger partial charge is 0.406 e. The summed E-state index contributed by atoms with van der Waals surface area (Å²) in [7, 11) is 1.36. The lowest BCUT2D eigenvalue weighted by Gasteiger charge is -2.38. The molecule has 1 aliphatic carbocycles. The molecule has 0 atom stereocenters. The molecule has 0 aliphatic heterocycles. The molecule has 0 radical (unpaired) electrons. The maximum Gasteiger partial charge on any atom is 0.406 e. The topological polar surface area (TPSA) is 29.5 Å². The molecule has 0 N–H and O–H groups in total. The molecule has 1 fully saturated rings. The van der Waals surface area contributed by atoms with Crippen molar-refractivity contribution in [2.75, 3.05) is 13.7 Å². The Labute approximate surface area is 125 Å². The Bertz CT molecular complexity index is 541. The lowest BCUT2D eigenvalue weighted by molar-refractivity contribution is -0.168. The zero-order chi connectivity index (χ0) is 16.3. The lowest BCUT2D eigenvalue weighted by atomic mass is 9.91. The summed E-state index contributed by atoms with van der Waals surface area (Å²) in [5.74, 6) is -0.934. The zero-order valence-electron chi connectivity index (χ0n) is 12.1. The molecule has 0 heterocycles. The van der Waals surface area contributed by atoms with Gasteiger partial charge in [0.1, 0.15) is 18.1 Å². The van der Waals surface area contributed by atoms with E-state index < -0.39 is 24.4 Å². The van der Waals surface area contributed by atoms with Crippen molar-refractivity contribution in [2.24, 2.45) is 0 Å². The maximum atomic E-state index is 13.3. The molecule has 1 amide bonds. The summed E-state index contributed by atoms with van der Waals surface area (Å²) < 4.78 is 56.3. The number of alkyl halides is 3. The van der Waals surface area contributed by atoms with Gasteiger partial charge in [0.2, 0.25) is 5.91 Å². The van der Waals surface area contributed by atoms with Crippen LogP contribution in [-0.4, -0.2) is 36.7 Å². The summed E-state index contributed by atoms with van der Waals surface area (Å²) in [6, 6.07) is 3.26. The normalized spacial score (nSPS) is 15.3. The number of amides is 1. The van der Waals surface area contributed by atoms with Gasteiger partial charge in [-0.2, -0.15) is 13.2 Å². The van der Waals surface area contributed by atoms with Gasteiger partial charge in [0.25, 0.3) is 0 Å². The molecule has 2 rings (SSSR count). The molecule has 0 saturated heterocycles. The van der Waals surface area contributed by atoms with Crippen molar-refractivity contribution < 1.29 is 27.1 Å². The van der Waals surface area contributed by atoms with Gasteiger partial charge >= 0.3 is 6.18 Å². The fourth-order valence-corrected chi connectivity index (χ4v) is 2.46. The van der Waals surface area contributed by atoms with Gasteiger partial charge in [-0.15, -0.1) is 0 Å². The number of methoxy groups -OCH3 is 1. The number of rotatable bonds is 5. The summed E-state index contributed by atoms with van der Waals surface area (Å²) in [4.78, 5) is 13.1. The molecular weight excluding hydrogens is 302 g/mol. The summed E-state index contributed by atoms with van der Waals surface area (Å²) >= 11 is 0. The van der Waals surface area contributed by atoms with Crippen LogP contribution in [0, 0.1) is 5.82 Å². The van der Waals surface area contributed by atoms with E-state index in [0.717, 1.165) is 17.4 Å². The van der Waals surface area contributed by atoms with Crippen molar-refractivity contribution in [3.63, 3.8) is 0 Å². The first-order chi connectivity index (χ1) is 10.3. The number of hydrogen-bond acceptors (Lipinski definition) is 2. The Balaban J connectivity index is 2.15. The van der Waals surface area contributed by atoms with E-state index in [2.05, 4.69) is 0 Å². The predicted octanol–water partition coefficient (Wildman–Crippen LogP) is 3.32.